The molecule has 2 nitrogen and oxygen atoms in total. The molecule has 0 aromatic heterocycles. The lowest BCUT2D eigenvalue weighted by atomic mass is 9.88. The molecule has 9 aromatic carbocycles. The van der Waals surface area contributed by atoms with E-state index in [9.17, 15) is 0 Å². The summed E-state index contributed by atoms with van der Waals surface area (Å²) in [6.45, 7) is 0. The summed E-state index contributed by atoms with van der Waals surface area (Å²) in [6.07, 6.45) is 0. The Kier molecular flexibility index (Phi) is 7.25. The van der Waals surface area contributed by atoms with Crippen molar-refractivity contribution in [1.29, 1.82) is 0 Å². The van der Waals surface area contributed by atoms with Crippen LogP contribution in [0.15, 0.2) is 199 Å². The van der Waals surface area contributed by atoms with E-state index in [4.69, 9.17) is 4.99 Å². The van der Waals surface area contributed by atoms with Gasteiger partial charge in [-0.05, 0) is 102 Å². The number of nitrogens with zero attached hydrogens (tertiary/aromatic N) is 1. The third-order valence-electron chi connectivity index (χ3n) is 10.5. The van der Waals surface area contributed by atoms with Gasteiger partial charge in [-0.15, -0.1) is 0 Å². The number of nitrogens with one attached hydrogen (secondary N) is 1. The minimum atomic E-state index is -0.0507. The molecule has 0 bridgehead atoms. The molecule has 0 aliphatic carbocycles. The lowest BCUT2D eigenvalue weighted by molar-refractivity contribution is 0.749. The highest BCUT2D eigenvalue weighted by Crippen LogP contribution is 2.41. The smallest absolute Gasteiger partial charge is 0.134 e. The first-order chi connectivity index (χ1) is 25.8. The molecule has 1 heterocycles. The van der Waals surface area contributed by atoms with Crippen molar-refractivity contribution in [1.82, 2.24) is 5.32 Å². The normalized spacial score (nSPS) is 13.8. The van der Waals surface area contributed by atoms with Gasteiger partial charge in [-0.2, -0.15) is 0 Å². The second-order valence-corrected chi connectivity index (χ2v) is 13.6. The van der Waals surface area contributed by atoms with Crippen LogP contribution in [0.3, 0.4) is 0 Å². The summed E-state index contributed by atoms with van der Waals surface area (Å²) in [5.74, 6) is 0.862. The number of amidine groups is 1. The molecule has 1 aliphatic heterocycles. The average Bonchev–Trinajstić information content (AvgIpc) is 3.23. The Balaban J connectivity index is 1.22. The van der Waals surface area contributed by atoms with E-state index >= 15 is 0 Å². The van der Waals surface area contributed by atoms with Crippen molar-refractivity contribution < 1.29 is 0 Å². The van der Waals surface area contributed by atoms with Gasteiger partial charge in [0, 0.05) is 11.1 Å². The highest BCUT2D eigenvalue weighted by molar-refractivity contribution is 6.21. The molecular weight excluding hydrogens is 629 g/mol. The maximum Gasteiger partial charge on any atom is 0.134 e. The third kappa shape index (κ3) is 5.25. The van der Waals surface area contributed by atoms with E-state index < -0.39 is 0 Å². The van der Waals surface area contributed by atoms with Gasteiger partial charge in [-0.3, -0.25) is 0 Å². The number of fused-ring (bicyclic) bond motifs is 6. The maximum absolute atomic E-state index is 5.41. The highest BCUT2D eigenvalue weighted by atomic mass is 15.1. The summed E-state index contributed by atoms with van der Waals surface area (Å²) in [7, 11) is 0. The number of aliphatic imine (C=N–C) groups is 1. The van der Waals surface area contributed by atoms with Crippen LogP contribution >= 0.6 is 0 Å². The molecule has 9 aromatic rings. The SMILES string of the molecule is c1ccc(-c2cc(C3=Nc4cc(-c5ccccc5)ccc4C(c4ccccc4)N3)cc(-c3cc4c5ccccc5ccc4c4ccccc34)c2)cc1. The summed E-state index contributed by atoms with van der Waals surface area (Å²) < 4.78 is 0. The average molecular weight is 663 g/mol. The molecule has 0 spiro atoms. The van der Waals surface area contributed by atoms with E-state index in [0.717, 1.165) is 33.8 Å². The molecule has 0 fully saturated rings. The first-order valence-electron chi connectivity index (χ1n) is 17.9. The van der Waals surface area contributed by atoms with Crippen molar-refractivity contribution >= 4 is 43.8 Å². The van der Waals surface area contributed by atoms with Gasteiger partial charge >= 0.3 is 0 Å². The molecule has 0 saturated carbocycles. The molecule has 10 rings (SSSR count). The zero-order valence-corrected chi connectivity index (χ0v) is 28.5. The molecule has 2 heteroatoms. The summed E-state index contributed by atoms with van der Waals surface area (Å²) in [5.41, 5.74) is 11.4. The predicted molar refractivity (Wildman–Crippen MR) is 219 cm³/mol. The van der Waals surface area contributed by atoms with E-state index in [1.165, 1.54) is 60.1 Å². The second kappa shape index (κ2) is 12.5. The topological polar surface area (TPSA) is 24.4 Å². The molecule has 52 heavy (non-hydrogen) atoms. The lowest BCUT2D eigenvalue weighted by Gasteiger charge is -2.28. The van der Waals surface area contributed by atoms with Crippen LogP contribution in [-0.4, -0.2) is 5.84 Å². The van der Waals surface area contributed by atoms with Crippen molar-refractivity contribution in [2.75, 3.05) is 0 Å². The van der Waals surface area contributed by atoms with E-state index in [1.54, 1.807) is 0 Å². The first-order valence-corrected chi connectivity index (χ1v) is 17.9. The lowest BCUT2D eigenvalue weighted by Crippen LogP contribution is -2.32. The fraction of sp³-hybridized carbons (Fsp3) is 0.0200. The van der Waals surface area contributed by atoms with Gasteiger partial charge in [0.1, 0.15) is 5.84 Å². The fourth-order valence-electron chi connectivity index (χ4n) is 7.94. The van der Waals surface area contributed by atoms with Crippen LogP contribution in [0.2, 0.25) is 0 Å². The Hall–Kier alpha value is -6.77. The summed E-state index contributed by atoms with van der Waals surface area (Å²) in [4.78, 5) is 5.41. The van der Waals surface area contributed by atoms with E-state index in [2.05, 4.69) is 199 Å². The zero-order valence-electron chi connectivity index (χ0n) is 28.5. The summed E-state index contributed by atoms with van der Waals surface area (Å²) in [6, 6.07) is 70.0. The first kappa shape index (κ1) is 30.1. The van der Waals surface area contributed by atoms with Gasteiger partial charge in [-0.25, -0.2) is 4.99 Å². The highest BCUT2D eigenvalue weighted by Gasteiger charge is 2.25. The Bertz CT molecular complexity index is 2800. The minimum absolute atomic E-state index is 0.0507. The predicted octanol–water partition coefficient (Wildman–Crippen LogP) is 12.9. The number of benzene rings is 9. The second-order valence-electron chi connectivity index (χ2n) is 13.6. The van der Waals surface area contributed by atoms with Gasteiger partial charge in [0.25, 0.3) is 0 Å². The number of hydrogen-bond donors (Lipinski definition) is 1. The maximum atomic E-state index is 5.41. The van der Waals surface area contributed by atoms with Crippen LogP contribution in [0.1, 0.15) is 22.7 Å². The quantitative estimate of drug-likeness (QED) is 0.182. The fourth-order valence-corrected chi connectivity index (χ4v) is 7.94. The summed E-state index contributed by atoms with van der Waals surface area (Å²) >= 11 is 0. The monoisotopic (exact) mass is 662 g/mol. The molecule has 0 saturated heterocycles. The van der Waals surface area contributed by atoms with Crippen LogP contribution in [0.5, 0.6) is 0 Å². The molecule has 0 amide bonds. The Morgan fingerprint density at radius 1 is 0.365 bits per heavy atom. The molecule has 1 unspecified atom stereocenters. The Morgan fingerprint density at radius 2 is 0.962 bits per heavy atom. The van der Waals surface area contributed by atoms with Crippen molar-refractivity contribution in [2.45, 2.75) is 6.04 Å². The van der Waals surface area contributed by atoms with Crippen molar-refractivity contribution in [3.8, 4) is 33.4 Å². The Morgan fingerprint density at radius 3 is 1.73 bits per heavy atom. The summed E-state index contributed by atoms with van der Waals surface area (Å²) in [5, 5.41) is 11.4. The van der Waals surface area contributed by atoms with Gasteiger partial charge in [0.15, 0.2) is 0 Å². The van der Waals surface area contributed by atoms with Crippen LogP contribution in [0.25, 0.3) is 65.7 Å². The molecule has 0 radical (unpaired) electrons. The largest absolute Gasteiger partial charge is 0.359 e. The van der Waals surface area contributed by atoms with Gasteiger partial charge in [0.05, 0.1) is 11.7 Å². The number of hydrogen-bond acceptors (Lipinski definition) is 2. The van der Waals surface area contributed by atoms with Gasteiger partial charge in [-0.1, -0.05) is 164 Å². The molecular formula is C50H34N2. The molecule has 1 N–H and O–H groups in total. The van der Waals surface area contributed by atoms with Crippen LogP contribution in [-0.2, 0) is 0 Å². The van der Waals surface area contributed by atoms with Crippen molar-refractivity contribution in [3.63, 3.8) is 0 Å². The van der Waals surface area contributed by atoms with Gasteiger partial charge < -0.3 is 5.32 Å². The minimum Gasteiger partial charge on any atom is -0.359 e. The van der Waals surface area contributed by atoms with Crippen molar-refractivity contribution in [3.05, 3.63) is 211 Å². The molecule has 1 atom stereocenters. The number of rotatable bonds is 5. The zero-order chi connectivity index (χ0) is 34.4. The molecule has 244 valence electrons. The van der Waals surface area contributed by atoms with E-state index in [-0.39, 0.29) is 6.04 Å². The van der Waals surface area contributed by atoms with Crippen LogP contribution in [0, 0.1) is 0 Å². The molecule has 1 aliphatic rings. The van der Waals surface area contributed by atoms with Crippen LogP contribution in [0.4, 0.5) is 5.69 Å². The standard InChI is InChI=1S/C50H34N2/c1-4-14-33(15-5-1)37-25-27-45-48(31-37)51-50(52-49(45)36-19-8-3-9-20-36)40-29-38(34-16-6-2-7-17-34)28-39(30-40)46-32-47-41-21-11-10-18-35(41)24-26-44(47)42-22-12-13-23-43(42)46/h1-32,49H,(H,51,52). The van der Waals surface area contributed by atoms with E-state index in [1.807, 2.05) is 0 Å². The van der Waals surface area contributed by atoms with Gasteiger partial charge in [0.2, 0.25) is 0 Å². The van der Waals surface area contributed by atoms with Crippen LogP contribution < -0.4 is 5.32 Å². The third-order valence-corrected chi connectivity index (χ3v) is 10.5. The van der Waals surface area contributed by atoms with Crippen molar-refractivity contribution in [2.24, 2.45) is 4.99 Å². The Labute approximate surface area is 303 Å². The van der Waals surface area contributed by atoms with E-state index in [0.29, 0.717) is 0 Å².